The Hall–Kier alpha value is -1.64. The maximum absolute atomic E-state index is 6.24. The number of para-hydroxylation sites is 1. The summed E-state index contributed by atoms with van der Waals surface area (Å²) in [4.78, 5) is 0. The fraction of sp³-hybridized carbons (Fsp3) is 0.222. The van der Waals surface area contributed by atoms with E-state index < -0.39 is 0 Å². The molecule has 2 aromatic carbocycles. The van der Waals surface area contributed by atoms with Crippen LogP contribution < -0.4 is 10.1 Å². The molecule has 0 fully saturated rings. The van der Waals surface area contributed by atoms with Crippen molar-refractivity contribution in [3.05, 3.63) is 70.2 Å². The predicted octanol–water partition coefficient (Wildman–Crippen LogP) is 5.73. The second-order valence-corrected chi connectivity index (χ2v) is 5.68. The summed E-state index contributed by atoms with van der Waals surface area (Å²) in [6.45, 7) is 6.78. The van der Waals surface area contributed by atoms with E-state index in [-0.39, 0.29) is 0 Å². The molecule has 0 saturated heterocycles. The molecule has 0 amide bonds. The van der Waals surface area contributed by atoms with Crippen molar-refractivity contribution in [2.45, 2.75) is 19.9 Å². The summed E-state index contributed by atoms with van der Waals surface area (Å²) in [6.07, 6.45) is 2.66. The van der Waals surface area contributed by atoms with Gasteiger partial charge in [-0.15, -0.1) is 0 Å². The number of ether oxygens (including phenoxy) is 1. The average Bonchev–Trinajstić information content (AvgIpc) is 2.52. The van der Waals surface area contributed by atoms with Crippen molar-refractivity contribution in [1.29, 1.82) is 0 Å². The minimum absolute atomic E-state index is 0.403. The van der Waals surface area contributed by atoms with Gasteiger partial charge in [0, 0.05) is 22.8 Å². The van der Waals surface area contributed by atoms with Crippen LogP contribution in [0.2, 0.25) is 10.0 Å². The highest BCUT2D eigenvalue weighted by atomic mass is 35.5. The van der Waals surface area contributed by atoms with Crippen LogP contribution in [0.15, 0.2) is 49.1 Å². The van der Waals surface area contributed by atoms with Gasteiger partial charge in [0.25, 0.3) is 0 Å². The smallest absolute Gasteiger partial charge is 0.143 e. The first-order chi connectivity index (χ1) is 10.7. The van der Waals surface area contributed by atoms with Crippen LogP contribution in [0.5, 0.6) is 5.75 Å². The molecule has 0 atom stereocenters. The SMILES string of the molecule is C=CCOc1c(Cl)cc(Cl)cc1CNc1ccccc1CC. The highest BCUT2D eigenvalue weighted by Crippen LogP contribution is 2.33. The molecule has 1 N–H and O–H groups in total. The highest BCUT2D eigenvalue weighted by molar-refractivity contribution is 6.35. The summed E-state index contributed by atoms with van der Waals surface area (Å²) in [5.74, 6) is 0.646. The van der Waals surface area contributed by atoms with E-state index >= 15 is 0 Å². The normalized spacial score (nSPS) is 10.3. The Morgan fingerprint density at radius 1 is 1.18 bits per heavy atom. The molecule has 4 heteroatoms. The summed E-state index contributed by atoms with van der Waals surface area (Å²) in [7, 11) is 0. The zero-order chi connectivity index (χ0) is 15.9. The molecule has 0 radical (unpaired) electrons. The van der Waals surface area contributed by atoms with Gasteiger partial charge in [-0.05, 0) is 30.2 Å². The minimum Gasteiger partial charge on any atom is -0.488 e. The number of rotatable bonds is 7. The van der Waals surface area contributed by atoms with Crippen molar-refractivity contribution in [1.82, 2.24) is 0 Å². The molecule has 0 saturated carbocycles. The maximum atomic E-state index is 6.24. The lowest BCUT2D eigenvalue weighted by atomic mass is 10.1. The van der Waals surface area contributed by atoms with Gasteiger partial charge in [-0.2, -0.15) is 0 Å². The van der Waals surface area contributed by atoms with Crippen LogP contribution in [0.3, 0.4) is 0 Å². The van der Waals surface area contributed by atoms with Crippen molar-refractivity contribution < 1.29 is 4.74 Å². The molecule has 2 rings (SSSR count). The van der Waals surface area contributed by atoms with Gasteiger partial charge in [0.1, 0.15) is 12.4 Å². The standard InChI is InChI=1S/C18H19Cl2NO/c1-3-9-22-18-14(10-15(19)11-16(18)20)12-21-17-8-6-5-7-13(17)4-2/h3,5-8,10-11,21H,1,4,9,12H2,2H3. The number of benzene rings is 2. The van der Waals surface area contributed by atoms with Gasteiger partial charge in [0.15, 0.2) is 0 Å². The molecule has 2 nitrogen and oxygen atoms in total. The fourth-order valence-corrected chi connectivity index (χ4v) is 2.83. The van der Waals surface area contributed by atoms with E-state index in [2.05, 4.69) is 31.0 Å². The Morgan fingerprint density at radius 3 is 2.68 bits per heavy atom. The van der Waals surface area contributed by atoms with E-state index in [1.165, 1.54) is 5.56 Å². The monoisotopic (exact) mass is 335 g/mol. The van der Waals surface area contributed by atoms with Crippen LogP contribution in [-0.2, 0) is 13.0 Å². The van der Waals surface area contributed by atoms with Gasteiger partial charge in [0.05, 0.1) is 5.02 Å². The molecule has 0 heterocycles. The van der Waals surface area contributed by atoms with Gasteiger partial charge in [-0.3, -0.25) is 0 Å². The summed E-state index contributed by atoms with van der Waals surface area (Å²) in [5, 5.41) is 4.53. The Balaban J connectivity index is 2.22. The third-order valence-electron chi connectivity index (χ3n) is 3.30. The molecule has 0 bridgehead atoms. The van der Waals surface area contributed by atoms with Gasteiger partial charge in [-0.1, -0.05) is 61.0 Å². The molecule has 0 aliphatic rings. The third kappa shape index (κ3) is 4.19. The Labute approximate surface area is 141 Å². The molecule has 0 aromatic heterocycles. The Kier molecular flexibility index (Phi) is 6.17. The highest BCUT2D eigenvalue weighted by Gasteiger charge is 2.11. The number of hydrogen-bond donors (Lipinski definition) is 1. The first-order valence-electron chi connectivity index (χ1n) is 7.19. The van der Waals surface area contributed by atoms with E-state index in [0.29, 0.717) is 28.9 Å². The lowest BCUT2D eigenvalue weighted by molar-refractivity contribution is 0.360. The maximum Gasteiger partial charge on any atom is 0.143 e. The second kappa shape index (κ2) is 8.11. The van der Waals surface area contributed by atoms with E-state index in [1.54, 1.807) is 12.1 Å². The van der Waals surface area contributed by atoms with Crippen LogP contribution in [0.4, 0.5) is 5.69 Å². The summed E-state index contributed by atoms with van der Waals surface area (Å²) >= 11 is 12.3. The molecular formula is C18H19Cl2NO. The molecule has 0 aliphatic carbocycles. The van der Waals surface area contributed by atoms with Crippen molar-refractivity contribution in [3.8, 4) is 5.75 Å². The average molecular weight is 336 g/mol. The van der Waals surface area contributed by atoms with Crippen molar-refractivity contribution in [3.63, 3.8) is 0 Å². The minimum atomic E-state index is 0.403. The number of aryl methyl sites for hydroxylation is 1. The molecule has 0 aliphatic heterocycles. The molecule has 2 aromatic rings. The van der Waals surface area contributed by atoms with Gasteiger partial charge in [-0.25, -0.2) is 0 Å². The Morgan fingerprint density at radius 2 is 1.95 bits per heavy atom. The largest absolute Gasteiger partial charge is 0.488 e. The van der Waals surface area contributed by atoms with Crippen LogP contribution >= 0.6 is 23.2 Å². The predicted molar refractivity (Wildman–Crippen MR) is 95.3 cm³/mol. The lowest BCUT2D eigenvalue weighted by Crippen LogP contribution is -2.05. The van der Waals surface area contributed by atoms with Gasteiger partial charge >= 0.3 is 0 Å². The van der Waals surface area contributed by atoms with Crippen molar-refractivity contribution in [2.75, 3.05) is 11.9 Å². The van der Waals surface area contributed by atoms with E-state index in [0.717, 1.165) is 17.7 Å². The Bertz CT molecular complexity index is 656. The van der Waals surface area contributed by atoms with Crippen molar-refractivity contribution >= 4 is 28.9 Å². The zero-order valence-corrected chi connectivity index (χ0v) is 14.0. The number of halogens is 2. The van der Waals surface area contributed by atoms with Crippen LogP contribution in [0.25, 0.3) is 0 Å². The molecular weight excluding hydrogens is 317 g/mol. The van der Waals surface area contributed by atoms with Crippen LogP contribution in [-0.4, -0.2) is 6.61 Å². The lowest BCUT2D eigenvalue weighted by Gasteiger charge is -2.15. The fourth-order valence-electron chi connectivity index (χ4n) is 2.24. The molecule has 22 heavy (non-hydrogen) atoms. The number of anilines is 1. The van der Waals surface area contributed by atoms with Crippen LogP contribution in [0.1, 0.15) is 18.1 Å². The van der Waals surface area contributed by atoms with E-state index in [9.17, 15) is 0 Å². The second-order valence-electron chi connectivity index (χ2n) is 4.84. The van der Waals surface area contributed by atoms with Gasteiger partial charge in [0.2, 0.25) is 0 Å². The topological polar surface area (TPSA) is 21.3 Å². The first-order valence-corrected chi connectivity index (χ1v) is 7.94. The van der Waals surface area contributed by atoms with Crippen LogP contribution in [0, 0.1) is 0 Å². The van der Waals surface area contributed by atoms with Crippen molar-refractivity contribution in [2.24, 2.45) is 0 Å². The zero-order valence-electron chi connectivity index (χ0n) is 12.5. The van der Waals surface area contributed by atoms with E-state index in [4.69, 9.17) is 27.9 Å². The molecule has 0 spiro atoms. The molecule has 0 unspecified atom stereocenters. The number of hydrogen-bond acceptors (Lipinski definition) is 2. The summed E-state index contributed by atoms with van der Waals surface area (Å²) < 4.78 is 5.67. The quantitative estimate of drug-likeness (QED) is 0.652. The molecule has 116 valence electrons. The van der Waals surface area contributed by atoms with E-state index in [1.807, 2.05) is 18.2 Å². The first kappa shape index (κ1) is 16.7. The summed E-state index contributed by atoms with van der Waals surface area (Å²) in [5.41, 5.74) is 3.30. The van der Waals surface area contributed by atoms with Gasteiger partial charge < -0.3 is 10.1 Å². The third-order valence-corrected chi connectivity index (χ3v) is 3.80. The number of nitrogens with one attached hydrogen (secondary N) is 1. The summed E-state index contributed by atoms with van der Waals surface area (Å²) in [6, 6.07) is 11.8.